The quantitative estimate of drug-likeness (QED) is 0.501. The van der Waals surface area contributed by atoms with Gasteiger partial charge < -0.3 is 10.1 Å². The van der Waals surface area contributed by atoms with E-state index in [0.717, 1.165) is 22.2 Å². The van der Waals surface area contributed by atoms with Crippen molar-refractivity contribution in [3.8, 4) is 5.69 Å². The van der Waals surface area contributed by atoms with Crippen LogP contribution in [0, 0.1) is 6.92 Å². The largest absolute Gasteiger partial charge is 0.449 e. The Hall–Kier alpha value is -3.93. The molecule has 0 aliphatic heterocycles. The lowest BCUT2D eigenvalue weighted by Crippen LogP contribution is -2.30. The number of ether oxygens (including phenoxy) is 1. The summed E-state index contributed by atoms with van der Waals surface area (Å²) in [6, 6.07) is 22.2. The van der Waals surface area contributed by atoms with Crippen LogP contribution in [0.5, 0.6) is 0 Å². The lowest BCUT2D eigenvalue weighted by molar-refractivity contribution is -0.123. The molecular formula is C24H21N3O3. The molecule has 0 radical (unpaired) electrons. The van der Waals surface area contributed by atoms with Crippen LogP contribution in [0.1, 0.15) is 23.0 Å². The molecule has 150 valence electrons. The fourth-order valence-electron chi connectivity index (χ4n) is 3.23. The number of hydrogen-bond acceptors (Lipinski definition) is 4. The number of carbonyl (C=O) groups is 2. The van der Waals surface area contributed by atoms with Gasteiger partial charge >= 0.3 is 5.97 Å². The summed E-state index contributed by atoms with van der Waals surface area (Å²) in [5, 5.41) is 9.04. The number of anilines is 1. The molecule has 1 heterocycles. The van der Waals surface area contributed by atoms with Gasteiger partial charge in [0.25, 0.3) is 5.91 Å². The molecule has 0 aliphatic rings. The molecule has 0 saturated heterocycles. The zero-order valence-electron chi connectivity index (χ0n) is 16.7. The monoisotopic (exact) mass is 399 g/mol. The Morgan fingerprint density at radius 3 is 2.43 bits per heavy atom. The van der Waals surface area contributed by atoms with E-state index in [1.54, 1.807) is 42.1 Å². The van der Waals surface area contributed by atoms with Gasteiger partial charge in [0, 0.05) is 23.0 Å². The molecule has 1 N–H and O–H groups in total. The van der Waals surface area contributed by atoms with Gasteiger partial charge in [-0.1, -0.05) is 36.4 Å². The number of rotatable bonds is 5. The molecule has 6 nitrogen and oxygen atoms in total. The molecule has 4 rings (SSSR count). The molecule has 0 aliphatic carbocycles. The van der Waals surface area contributed by atoms with E-state index in [2.05, 4.69) is 10.4 Å². The minimum atomic E-state index is -0.940. The molecule has 1 atom stereocenters. The second kappa shape index (κ2) is 8.21. The molecule has 0 spiro atoms. The Morgan fingerprint density at radius 1 is 0.967 bits per heavy atom. The smallest absolute Gasteiger partial charge is 0.338 e. The van der Waals surface area contributed by atoms with E-state index in [-0.39, 0.29) is 5.91 Å². The van der Waals surface area contributed by atoms with Crippen LogP contribution in [0.4, 0.5) is 5.69 Å². The number of hydrogen-bond donors (Lipinski definition) is 1. The third-order valence-electron chi connectivity index (χ3n) is 4.88. The fraction of sp³-hybridized carbons (Fsp3) is 0.125. The molecule has 0 unspecified atom stereocenters. The van der Waals surface area contributed by atoms with Crippen molar-refractivity contribution in [3.63, 3.8) is 0 Å². The number of nitrogens with zero attached hydrogens (tertiary/aromatic N) is 2. The summed E-state index contributed by atoms with van der Waals surface area (Å²) in [4.78, 5) is 25.0. The van der Waals surface area contributed by atoms with Crippen molar-refractivity contribution in [2.24, 2.45) is 0 Å². The zero-order valence-corrected chi connectivity index (χ0v) is 16.7. The molecule has 6 heteroatoms. The zero-order chi connectivity index (χ0) is 21.1. The van der Waals surface area contributed by atoms with Crippen molar-refractivity contribution >= 4 is 28.3 Å². The molecule has 0 saturated carbocycles. The average Bonchev–Trinajstić information content (AvgIpc) is 3.20. The standard InChI is InChI=1S/C24H21N3O3/c1-16-14-15-25-27(16)20-12-10-19(11-13-20)24(29)30-17(2)23(28)26-22-9-5-7-18-6-3-4-8-21(18)22/h3-15,17H,1-2H3,(H,26,28)/t17-/m0/s1. The van der Waals surface area contributed by atoms with Gasteiger partial charge in [0.15, 0.2) is 6.10 Å². The van der Waals surface area contributed by atoms with E-state index < -0.39 is 12.1 Å². The van der Waals surface area contributed by atoms with Crippen LogP contribution in [0.3, 0.4) is 0 Å². The highest BCUT2D eigenvalue weighted by atomic mass is 16.5. The Bertz CT molecular complexity index is 1210. The van der Waals surface area contributed by atoms with Crippen molar-refractivity contribution in [3.05, 3.63) is 90.3 Å². The third kappa shape index (κ3) is 3.93. The number of fused-ring (bicyclic) bond motifs is 1. The maximum Gasteiger partial charge on any atom is 0.338 e. The van der Waals surface area contributed by atoms with E-state index in [9.17, 15) is 9.59 Å². The van der Waals surface area contributed by atoms with Gasteiger partial charge in [0.1, 0.15) is 0 Å². The summed E-state index contributed by atoms with van der Waals surface area (Å²) in [5.41, 5.74) is 2.88. The Labute approximate surface area is 174 Å². The number of aryl methyl sites for hydroxylation is 1. The van der Waals surface area contributed by atoms with Crippen LogP contribution in [0.25, 0.3) is 16.5 Å². The normalized spacial score (nSPS) is 11.8. The van der Waals surface area contributed by atoms with E-state index in [0.29, 0.717) is 11.3 Å². The predicted molar refractivity (Wildman–Crippen MR) is 116 cm³/mol. The maximum atomic E-state index is 12.6. The number of nitrogens with one attached hydrogen (secondary N) is 1. The molecule has 4 aromatic rings. The van der Waals surface area contributed by atoms with Gasteiger partial charge in [-0.2, -0.15) is 5.10 Å². The predicted octanol–water partition coefficient (Wildman–Crippen LogP) is 4.52. The summed E-state index contributed by atoms with van der Waals surface area (Å²) >= 11 is 0. The van der Waals surface area contributed by atoms with Gasteiger partial charge in [-0.3, -0.25) is 4.79 Å². The number of aromatic nitrogens is 2. The SMILES string of the molecule is Cc1ccnn1-c1ccc(C(=O)O[C@@H](C)C(=O)Nc2cccc3ccccc23)cc1. The second-order valence-corrected chi connectivity index (χ2v) is 6.99. The summed E-state index contributed by atoms with van der Waals surface area (Å²) < 4.78 is 7.14. The van der Waals surface area contributed by atoms with Gasteiger partial charge in [0.2, 0.25) is 0 Å². The maximum absolute atomic E-state index is 12.6. The summed E-state index contributed by atoms with van der Waals surface area (Å²) in [6.07, 6.45) is 0.776. The summed E-state index contributed by atoms with van der Waals surface area (Å²) in [6.45, 7) is 3.51. The highest BCUT2D eigenvalue weighted by molar-refractivity contribution is 6.04. The molecule has 1 aromatic heterocycles. The first-order chi connectivity index (χ1) is 14.5. The molecule has 1 amide bonds. The molecule has 0 bridgehead atoms. The van der Waals surface area contributed by atoms with Crippen molar-refractivity contribution in [1.82, 2.24) is 9.78 Å². The number of benzene rings is 3. The van der Waals surface area contributed by atoms with Crippen LogP contribution in [-0.2, 0) is 9.53 Å². The molecule has 3 aromatic carbocycles. The van der Waals surface area contributed by atoms with E-state index >= 15 is 0 Å². The number of carbonyl (C=O) groups excluding carboxylic acids is 2. The lowest BCUT2D eigenvalue weighted by atomic mass is 10.1. The first kappa shape index (κ1) is 19.4. The van der Waals surface area contributed by atoms with Crippen LogP contribution in [0.15, 0.2) is 79.0 Å². The number of esters is 1. The van der Waals surface area contributed by atoms with Gasteiger partial charge in [-0.15, -0.1) is 0 Å². The summed E-state index contributed by atoms with van der Waals surface area (Å²) in [5.74, 6) is -0.942. The van der Waals surface area contributed by atoms with Crippen molar-refractivity contribution in [2.75, 3.05) is 5.32 Å². The van der Waals surface area contributed by atoms with Gasteiger partial charge in [-0.25, -0.2) is 9.48 Å². The minimum Gasteiger partial charge on any atom is -0.449 e. The number of amides is 1. The highest BCUT2D eigenvalue weighted by Crippen LogP contribution is 2.23. The van der Waals surface area contributed by atoms with Crippen LogP contribution in [0.2, 0.25) is 0 Å². The van der Waals surface area contributed by atoms with Gasteiger partial charge in [-0.05, 0) is 55.6 Å². The Morgan fingerprint density at radius 2 is 1.70 bits per heavy atom. The van der Waals surface area contributed by atoms with Crippen LogP contribution >= 0.6 is 0 Å². The average molecular weight is 399 g/mol. The lowest BCUT2D eigenvalue weighted by Gasteiger charge is -2.15. The Kier molecular flexibility index (Phi) is 5.30. The minimum absolute atomic E-state index is 0.369. The Balaban J connectivity index is 1.43. The molecule has 30 heavy (non-hydrogen) atoms. The van der Waals surface area contributed by atoms with E-state index in [1.807, 2.05) is 55.5 Å². The van der Waals surface area contributed by atoms with E-state index in [4.69, 9.17) is 4.74 Å². The highest BCUT2D eigenvalue weighted by Gasteiger charge is 2.20. The van der Waals surface area contributed by atoms with E-state index in [1.165, 1.54) is 0 Å². The first-order valence-electron chi connectivity index (χ1n) is 9.63. The first-order valence-corrected chi connectivity index (χ1v) is 9.63. The molecule has 0 fully saturated rings. The van der Waals surface area contributed by atoms with Crippen LogP contribution < -0.4 is 5.32 Å². The summed E-state index contributed by atoms with van der Waals surface area (Å²) in [7, 11) is 0. The van der Waals surface area contributed by atoms with Gasteiger partial charge in [0.05, 0.1) is 11.3 Å². The van der Waals surface area contributed by atoms with Crippen molar-refractivity contribution in [1.29, 1.82) is 0 Å². The molecular weight excluding hydrogens is 378 g/mol. The van der Waals surface area contributed by atoms with Crippen LogP contribution in [-0.4, -0.2) is 27.8 Å². The third-order valence-corrected chi connectivity index (χ3v) is 4.88. The van der Waals surface area contributed by atoms with Crippen molar-refractivity contribution in [2.45, 2.75) is 20.0 Å². The second-order valence-electron chi connectivity index (χ2n) is 6.99. The van der Waals surface area contributed by atoms with Crippen molar-refractivity contribution < 1.29 is 14.3 Å². The topological polar surface area (TPSA) is 73.2 Å². The fourth-order valence-corrected chi connectivity index (χ4v) is 3.23.